The number of amides is 1. The molecule has 16 heavy (non-hydrogen) atoms. The minimum Gasteiger partial charge on any atom is -0.493 e. The highest BCUT2D eigenvalue weighted by Gasteiger charge is 2.07. The second kappa shape index (κ2) is 6.12. The van der Waals surface area contributed by atoms with E-state index in [-0.39, 0.29) is 5.91 Å². The zero-order valence-electron chi connectivity index (χ0n) is 9.90. The van der Waals surface area contributed by atoms with Crippen molar-refractivity contribution in [1.29, 1.82) is 0 Å². The van der Waals surface area contributed by atoms with E-state index in [1.165, 1.54) is 12.2 Å². The molecular formula is C12H17NO3. The zero-order valence-corrected chi connectivity index (χ0v) is 9.90. The number of benzene rings is 1. The highest BCUT2D eigenvalue weighted by Crippen LogP contribution is 2.12. The topological polar surface area (TPSA) is 38.8 Å². The first kappa shape index (κ1) is 12.5. The third-order valence-electron chi connectivity index (χ3n) is 2.20. The molecule has 1 aromatic carbocycles. The fraction of sp³-hybridized carbons (Fsp3) is 0.417. The molecule has 0 spiro atoms. The minimum absolute atomic E-state index is 0.102. The maximum Gasteiger partial charge on any atom is 0.249 e. The first-order valence-corrected chi connectivity index (χ1v) is 5.13. The summed E-state index contributed by atoms with van der Waals surface area (Å²) in [6, 6.07) is 7.73. The lowest BCUT2D eigenvalue weighted by atomic mass is 10.2. The Bertz CT molecular complexity index is 352. The van der Waals surface area contributed by atoms with E-state index >= 15 is 0 Å². The van der Waals surface area contributed by atoms with Gasteiger partial charge in [-0.05, 0) is 24.6 Å². The summed E-state index contributed by atoms with van der Waals surface area (Å²) >= 11 is 0. The van der Waals surface area contributed by atoms with Gasteiger partial charge in [-0.25, -0.2) is 5.06 Å². The summed E-state index contributed by atoms with van der Waals surface area (Å²) in [5.74, 6) is 0.683. The molecular weight excluding hydrogens is 206 g/mol. The predicted octanol–water partition coefficient (Wildman–Crippen LogP) is 1.78. The van der Waals surface area contributed by atoms with Crippen LogP contribution >= 0.6 is 0 Å². The smallest absolute Gasteiger partial charge is 0.249 e. The molecule has 0 fully saturated rings. The summed E-state index contributed by atoms with van der Waals surface area (Å²) < 4.78 is 5.45. The Balaban J connectivity index is 2.33. The Morgan fingerprint density at radius 2 is 2.19 bits per heavy atom. The molecule has 0 aliphatic carbocycles. The molecule has 0 N–H and O–H groups in total. The Hall–Kier alpha value is -1.55. The highest BCUT2D eigenvalue weighted by molar-refractivity contribution is 5.74. The molecule has 0 radical (unpaired) electrons. The van der Waals surface area contributed by atoms with Gasteiger partial charge in [-0.1, -0.05) is 12.1 Å². The van der Waals surface area contributed by atoms with Crippen LogP contribution in [-0.4, -0.2) is 31.7 Å². The van der Waals surface area contributed by atoms with E-state index in [1.807, 2.05) is 31.2 Å². The molecule has 4 heteroatoms. The Kier molecular flexibility index (Phi) is 4.79. The van der Waals surface area contributed by atoms with Crippen molar-refractivity contribution in [2.24, 2.45) is 0 Å². The Labute approximate surface area is 95.7 Å². The summed E-state index contributed by atoms with van der Waals surface area (Å²) in [5, 5.41) is 1.19. The molecule has 0 heterocycles. The number of hydrogen-bond acceptors (Lipinski definition) is 3. The van der Waals surface area contributed by atoms with Gasteiger partial charge in [0.2, 0.25) is 5.91 Å². The van der Waals surface area contributed by atoms with Crippen LogP contribution in [-0.2, 0) is 9.63 Å². The third-order valence-corrected chi connectivity index (χ3v) is 2.20. The van der Waals surface area contributed by atoms with Crippen LogP contribution in [0.15, 0.2) is 24.3 Å². The monoisotopic (exact) mass is 223 g/mol. The summed E-state index contributed by atoms with van der Waals surface area (Å²) in [5.41, 5.74) is 1.14. The van der Waals surface area contributed by atoms with E-state index in [4.69, 9.17) is 9.57 Å². The van der Waals surface area contributed by atoms with Crippen molar-refractivity contribution < 1.29 is 14.4 Å². The largest absolute Gasteiger partial charge is 0.493 e. The van der Waals surface area contributed by atoms with Crippen molar-refractivity contribution in [3.63, 3.8) is 0 Å². The van der Waals surface area contributed by atoms with Gasteiger partial charge in [0.05, 0.1) is 20.1 Å². The Morgan fingerprint density at radius 1 is 1.44 bits per heavy atom. The molecule has 0 aliphatic rings. The van der Waals surface area contributed by atoms with Gasteiger partial charge < -0.3 is 4.74 Å². The number of rotatable bonds is 5. The number of hydrogen-bond donors (Lipinski definition) is 0. The molecule has 88 valence electrons. The number of ether oxygens (including phenoxy) is 1. The van der Waals surface area contributed by atoms with Gasteiger partial charge in [-0.2, -0.15) is 0 Å². The van der Waals surface area contributed by atoms with Gasteiger partial charge in [0, 0.05) is 7.05 Å². The van der Waals surface area contributed by atoms with Gasteiger partial charge in [-0.15, -0.1) is 0 Å². The molecule has 0 unspecified atom stereocenters. The van der Waals surface area contributed by atoms with Crippen LogP contribution in [0.3, 0.4) is 0 Å². The normalized spacial score (nSPS) is 9.94. The van der Waals surface area contributed by atoms with Crippen molar-refractivity contribution in [3.8, 4) is 5.75 Å². The van der Waals surface area contributed by atoms with Crippen molar-refractivity contribution in [3.05, 3.63) is 29.8 Å². The molecule has 0 bridgehead atoms. The van der Waals surface area contributed by atoms with Crippen molar-refractivity contribution >= 4 is 5.91 Å². The average molecular weight is 223 g/mol. The van der Waals surface area contributed by atoms with Gasteiger partial charge in [-0.3, -0.25) is 9.63 Å². The lowest BCUT2D eigenvalue weighted by Crippen LogP contribution is -2.26. The molecule has 1 aromatic rings. The van der Waals surface area contributed by atoms with Gasteiger partial charge >= 0.3 is 0 Å². The molecule has 4 nitrogen and oxygen atoms in total. The van der Waals surface area contributed by atoms with Crippen LogP contribution in [0.4, 0.5) is 0 Å². The van der Waals surface area contributed by atoms with E-state index in [9.17, 15) is 4.79 Å². The van der Waals surface area contributed by atoms with Crippen LogP contribution in [0.5, 0.6) is 5.75 Å². The first-order chi connectivity index (χ1) is 7.63. The molecule has 0 saturated carbocycles. The fourth-order valence-corrected chi connectivity index (χ4v) is 1.22. The highest BCUT2D eigenvalue weighted by atomic mass is 16.7. The second-order valence-corrected chi connectivity index (χ2v) is 3.49. The second-order valence-electron chi connectivity index (χ2n) is 3.49. The molecule has 1 amide bonds. The number of carbonyl (C=O) groups excluding carboxylic acids is 1. The maximum atomic E-state index is 11.4. The lowest BCUT2D eigenvalue weighted by Gasteiger charge is -2.13. The van der Waals surface area contributed by atoms with E-state index in [2.05, 4.69) is 0 Å². The van der Waals surface area contributed by atoms with Crippen LogP contribution in [0.1, 0.15) is 12.0 Å². The maximum absolute atomic E-state index is 11.4. The number of nitrogens with zero attached hydrogens (tertiary/aromatic N) is 1. The third kappa shape index (κ3) is 3.90. The standard InChI is InChI=1S/C12H17NO3/c1-10-5-4-6-11(9-10)16-8-7-12(14)13(2)15-3/h4-6,9H,7-8H2,1-3H3. The zero-order chi connectivity index (χ0) is 12.0. The SMILES string of the molecule is CON(C)C(=O)CCOc1cccc(C)c1. The van der Waals surface area contributed by atoms with Gasteiger partial charge in [0.25, 0.3) is 0 Å². The summed E-state index contributed by atoms with van der Waals surface area (Å²) in [6.45, 7) is 2.35. The van der Waals surface area contributed by atoms with Crippen molar-refractivity contribution in [2.75, 3.05) is 20.8 Å². The minimum atomic E-state index is -0.102. The van der Waals surface area contributed by atoms with Crippen LogP contribution in [0.25, 0.3) is 0 Å². The number of carbonyl (C=O) groups is 1. The van der Waals surface area contributed by atoms with E-state index < -0.39 is 0 Å². The van der Waals surface area contributed by atoms with E-state index in [0.717, 1.165) is 11.3 Å². The fourth-order valence-electron chi connectivity index (χ4n) is 1.22. The van der Waals surface area contributed by atoms with Crippen LogP contribution < -0.4 is 4.74 Å². The predicted molar refractivity (Wildman–Crippen MR) is 61.1 cm³/mol. The van der Waals surface area contributed by atoms with Crippen LogP contribution in [0, 0.1) is 6.92 Å². The average Bonchev–Trinajstić information content (AvgIpc) is 2.28. The van der Waals surface area contributed by atoms with Gasteiger partial charge in [0.1, 0.15) is 5.75 Å². The molecule has 1 rings (SSSR count). The van der Waals surface area contributed by atoms with E-state index in [0.29, 0.717) is 13.0 Å². The van der Waals surface area contributed by atoms with Crippen molar-refractivity contribution in [2.45, 2.75) is 13.3 Å². The number of aryl methyl sites for hydroxylation is 1. The number of hydroxylamine groups is 2. The lowest BCUT2D eigenvalue weighted by molar-refractivity contribution is -0.169. The van der Waals surface area contributed by atoms with Crippen LogP contribution in [0.2, 0.25) is 0 Å². The molecule has 0 saturated heterocycles. The van der Waals surface area contributed by atoms with Gasteiger partial charge in [0.15, 0.2) is 0 Å². The molecule has 0 aliphatic heterocycles. The summed E-state index contributed by atoms with van der Waals surface area (Å²) in [7, 11) is 3.04. The quantitative estimate of drug-likeness (QED) is 0.714. The van der Waals surface area contributed by atoms with Crippen molar-refractivity contribution in [1.82, 2.24) is 5.06 Å². The first-order valence-electron chi connectivity index (χ1n) is 5.13. The Morgan fingerprint density at radius 3 is 2.81 bits per heavy atom. The molecule has 0 aromatic heterocycles. The van der Waals surface area contributed by atoms with E-state index in [1.54, 1.807) is 7.05 Å². The summed E-state index contributed by atoms with van der Waals surface area (Å²) in [4.78, 5) is 16.1. The summed E-state index contributed by atoms with van der Waals surface area (Å²) in [6.07, 6.45) is 0.304. The molecule has 0 atom stereocenters.